The minimum Gasteiger partial charge on any atom is -0.489 e. The summed E-state index contributed by atoms with van der Waals surface area (Å²) in [5.74, 6) is 0.677. The molecule has 0 saturated carbocycles. The lowest BCUT2D eigenvalue weighted by atomic mass is 10.1. The second-order valence-corrected chi connectivity index (χ2v) is 5.74. The number of aryl methyl sites for hydroxylation is 1. The van der Waals surface area contributed by atoms with E-state index in [0.717, 1.165) is 21.0 Å². The van der Waals surface area contributed by atoms with Crippen molar-refractivity contribution in [1.82, 2.24) is 0 Å². The van der Waals surface area contributed by atoms with Gasteiger partial charge in [0, 0.05) is 22.0 Å². The fourth-order valence-corrected chi connectivity index (χ4v) is 2.64. The molecule has 3 rings (SSSR count). The molecule has 1 aromatic heterocycles. The third kappa shape index (κ3) is 3.16. The lowest BCUT2D eigenvalue weighted by Crippen LogP contribution is -1.99. The van der Waals surface area contributed by atoms with Gasteiger partial charge in [-0.2, -0.15) is 0 Å². The molecular formula is C17H13BrO3. The molecule has 0 N–H and O–H groups in total. The Morgan fingerprint density at radius 3 is 2.81 bits per heavy atom. The van der Waals surface area contributed by atoms with Gasteiger partial charge >= 0.3 is 5.63 Å². The molecule has 3 aromatic rings. The Hall–Kier alpha value is -2.07. The lowest BCUT2D eigenvalue weighted by Gasteiger charge is -2.08. The first-order valence-electron chi connectivity index (χ1n) is 6.53. The van der Waals surface area contributed by atoms with Crippen LogP contribution in [-0.2, 0) is 6.61 Å². The van der Waals surface area contributed by atoms with Gasteiger partial charge < -0.3 is 9.15 Å². The van der Waals surface area contributed by atoms with Crippen LogP contribution in [-0.4, -0.2) is 0 Å². The first-order valence-corrected chi connectivity index (χ1v) is 7.33. The largest absolute Gasteiger partial charge is 0.489 e. The van der Waals surface area contributed by atoms with Crippen molar-refractivity contribution in [1.29, 1.82) is 0 Å². The molecular weight excluding hydrogens is 332 g/mol. The third-order valence-corrected chi connectivity index (χ3v) is 3.71. The smallest absolute Gasteiger partial charge is 0.336 e. The fraction of sp³-hybridized carbons (Fsp3) is 0.118. The molecule has 0 fully saturated rings. The Kier molecular flexibility index (Phi) is 3.80. The second-order valence-electron chi connectivity index (χ2n) is 4.83. The van der Waals surface area contributed by atoms with Gasteiger partial charge in [-0.3, -0.25) is 0 Å². The van der Waals surface area contributed by atoms with Gasteiger partial charge in [-0.05, 0) is 42.3 Å². The van der Waals surface area contributed by atoms with Crippen molar-refractivity contribution >= 4 is 26.9 Å². The van der Waals surface area contributed by atoms with Gasteiger partial charge in [-0.15, -0.1) is 0 Å². The van der Waals surface area contributed by atoms with Gasteiger partial charge in [-0.1, -0.05) is 28.1 Å². The molecule has 0 spiro atoms. The van der Waals surface area contributed by atoms with Crippen LogP contribution in [0.3, 0.4) is 0 Å². The van der Waals surface area contributed by atoms with E-state index in [1.165, 1.54) is 6.07 Å². The molecule has 3 nitrogen and oxygen atoms in total. The van der Waals surface area contributed by atoms with E-state index in [-0.39, 0.29) is 5.63 Å². The summed E-state index contributed by atoms with van der Waals surface area (Å²) >= 11 is 3.43. The van der Waals surface area contributed by atoms with Crippen LogP contribution in [0.15, 0.2) is 62.2 Å². The number of fused-ring (bicyclic) bond motifs is 1. The zero-order valence-corrected chi connectivity index (χ0v) is 13.0. The van der Waals surface area contributed by atoms with E-state index in [1.807, 2.05) is 43.3 Å². The number of halogens is 1. The summed E-state index contributed by atoms with van der Waals surface area (Å²) in [6, 6.07) is 15.0. The van der Waals surface area contributed by atoms with Crippen LogP contribution >= 0.6 is 15.9 Å². The number of hydrogen-bond acceptors (Lipinski definition) is 3. The average molecular weight is 345 g/mol. The zero-order valence-electron chi connectivity index (χ0n) is 11.4. The van der Waals surface area contributed by atoms with Crippen molar-refractivity contribution in [2.24, 2.45) is 0 Å². The van der Waals surface area contributed by atoms with Crippen molar-refractivity contribution in [3.05, 3.63) is 74.6 Å². The Labute approximate surface area is 130 Å². The Balaban J connectivity index is 1.86. The molecule has 0 atom stereocenters. The monoisotopic (exact) mass is 344 g/mol. The van der Waals surface area contributed by atoms with Gasteiger partial charge in [-0.25, -0.2) is 4.79 Å². The van der Waals surface area contributed by atoms with Crippen LogP contribution in [0.5, 0.6) is 5.75 Å². The maximum atomic E-state index is 11.4. The summed E-state index contributed by atoms with van der Waals surface area (Å²) < 4.78 is 12.0. The van der Waals surface area contributed by atoms with Crippen LogP contribution in [0, 0.1) is 6.92 Å². The molecule has 0 bridgehead atoms. The number of benzene rings is 2. The highest BCUT2D eigenvalue weighted by molar-refractivity contribution is 9.10. The summed E-state index contributed by atoms with van der Waals surface area (Å²) in [5.41, 5.74) is 2.17. The van der Waals surface area contributed by atoms with E-state index in [1.54, 1.807) is 6.07 Å². The quantitative estimate of drug-likeness (QED) is 0.659. The van der Waals surface area contributed by atoms with Crippen LogP contribution in [0.2, 0.25) is 0 Å². The summed E-state index contributed by atoms with van der Waals surface area (Å²) in [6.45, 7) is 2.35. The van der Waals surface area contributed by atoms with Crippen molar-refractivity contribution < 1.29 is 9.15 Å². The number of ether oxygens (including phenoxy) is 1. The van der Waals surface area contributed by atoms with Crippen molar-refractivity contribution in [2.75, 3.05) is 0 Å². The highest BCUT2D eigenvalue weighted by Gasteiger charge is 2.04. The van der Waals surface area contributed by atoms with Crippen LogP contribution in [0.4, 0.5) is 0 Å². The molecule has 0 saturated heterocycles. The van der Waals surface area contributed by atoms with Gasteiger partial charge in [0.15, 0.2) is 0 Å². The Morgan fingerprint density at radius 1 is 1.14 bits per heavy atom. The normalized spacial score (nSPS) is 10.8. The molecule has 0 amide bonds. The van der Waals surface area contributed by atoms with Crippen LogP contribution in [0.25, 0.3) is 11.0 Å². The Morgan fingerprint density at radius 2 is 2.00 bits per heavy atom. The minimum absolute atomic E-state index is 0.343. The van der Waals surface area contributed by atoms with Gasteiger partial charge in [0.2, 0.25) is 0 Å². The van der Waals surface area contributed by atoms with Gasteiger partial charge in [0.1, 0.15) is 17.9 Å². The second kappa shape index (κ2) is 5.74. The molecule has 0 aliphatic carbocycles. The fourth-order valence-electron chi connectivity index (χ4n) is 2.19. The SMILES string of the molecule is Cc1cc(=O)oc2cc(OCc3cccc(Br)c3)ccc12. The van der Waals surface area contributed by atoms with E-state index >= 15 is 0 Å². The molecule has 2 aromatic carbocycles. The molecule has 0 aliphatic rings. The van der Waals surface area contributed by atoms with Crippen LogP contribution in [0.1, 0.15) is 11.1 Å². The predicted molar refractivity (Wildman–Crippen MR) is 85.7 cm³/mol. The third-order valence-electron chi connectivity index (χ3n) is 3.22. The highest BCUT2D eigenvalue weighted by Crippen LogP contribution is 2.23. The predicted octanol–water partition coefficient (Wildman–Crippen LogP) is 4.44. The van der Waals surface area contributed by atoms with Gasteiger partial charge in [0.25, 0.3) is 0 Å². The topological polar surface area (TPSA) is 39.4 Å². The highest BCUT2D eigenvalue weighted by atomic mass is 79.9. The van der Waals surface area contributed by atoms with E-state index < -0.39 is 0 Å². The molecule has 1 heterocycles. The van der Waals surface area contributed by atoms with E-state index in [4.69, 9.17) is 9.15 Å². The standard InChI is InChI=1S/C17H13BrO3/c1-11-7-17(19)21-16-9-14(5-6-15(11)16)20-10-12-3-2-4-13(18)8-12/h2-9H,10H2,1H3. The Bertz CT molecular complexity index is 852. The molecule has 0 radical (unpaired) electrons. The van der Waals surface area contributed by atoms with Gasteiger partial charge in [0.05, 0.1) is 0 Å². The van der Waals surface area contributed by atoms with E-state index in [0.29, 0.717) is 17.9 Å². The molecule has 0 unspecified atom stereocenters. The summed E-state index contributed by atoms with van der Waals surface area (Å²) in [7, 11) is 0. The van der Waals surface area contributed by atoms with Crippen molar-refractivity contribution in [2.45, 2.75) is 13.5 Å². The number of rotatable bonds is 3. The molecule has 106 valence electrons. The van der Waals surface area contributed by atoms with Crippen molar-refractivity contribution in [3.8, 4) is 5.75 Å². The number of hydrogen-bond donors (Lipinski definition) is 0. The average Bonchev–Trinajstić information content (AvgIpc) is 2.44. The zero-order chi connectivity index (χ0) is 14.8. The first kappa shape index (κ1) is 13.9. The van der Waals surface area contributed by atoms with E-state index in [2.05, 4.69) is 15.9 Å². The maximum absolute atomic E-state index is 11.4. The lowest BCUT2D eigenvalue weighted by molar-refractivity contribution is 0.306. The summed E-state index contributed by atoms with van der Waals surface area (Å²) in [4.78, 5) is 11.4. The first-order chi connectivity index (χ1) is 10.1. The van der Waals surface area contributed by atoms with Crippen LogP contribution < -0.4 is 10.4 Å². The molecule has 4 heteroatoms. The minimum atomic E-state index is -0.343. The molecule has 21 heavy (non-hydrogen) atoms. The maximum Gasteiger partial charge on any atom is 0.336 e. The molecule has 0 aliphatic heterocycles. The summed E-state index contributed by atoms with van der Waals surface area (Å²) in [5, 5.41) is 0.921. The van der Waals surface area contributed by atoms with Crippen molar-refractivity contribution in [3.63, 3.8) is 0 Å². The van der Waals surface area contributed by atoms with E-state index in [9.17, 15) is 4.79 Å². The summed E-state index contributed by atoms with van der Waals surface area (Å²) in [6.07, 6.45) is 0.